The number of aryl methyl sites for hydroxylation is 1. The van der Waals surface area contributed by atoms with Crippen molar-refractivity contribution in [2.75, 3.05) is 32.8 Å². The Morgan fingerprint density at radius 1 is 1.33 bits per heavy atom. The second kappa shape index (κ2) is 8.14. The number of ether oxygens (including phenoxy) is 2. The third kappa shape index (κ3) is 4.82. The Bertz CT molecular complexity index is 453. The van der Waals surface area contributed by atoms with Gasteiger partial charge in [-0.25, -0.2) is 4.79 Å². The van der Waals surface area contributed by atoms with E-state index in [4.69, 9.17) is 9.47 Å². The monoisotopic (exact) mass is 295 g/mol. The van der Waals surface area contributed by atoms with Crippen LogP contribution in [-0.2, 0) is 23.1 Å². The fourth-order valence-electron chi connectivity index (χ4n) is 2.57. The van der Waals surface area contributed by atoms with Crippen LogP contribution in [0.3, 0.4) is 0 Å². The minimum Gasteiger partial charge on any atom is -0.462 e. The van der Waals surface area contributed by atoms with E-state index in [9.17, 15) is 4.79 Å². The van der Waals surface area contributed by atoms with E-state index >= 15 is 0 Å². The average Bonchev–Trinajstić information content (AvgIpc) is 2.86. The van der Waals surface area contributed by atoms with E-state index in [1.54, 1.807) is 24.9 Å². The van der Waals surface area contributed by atoms with Crippen LogP contribution in [0.2, 0.25) is 0 Å². The zero-order valence-electron chi connectivity index (χ0n) is 13.0. The molecule has 2 heterocycles. The summed E-state index contributed by atoms with van der Waals surface area (Å²) in [6.07, 6.45) is 5.59. The first-order valence-corrected chi connectivity index (χ1v) is 7.70. The molecule has 0 spiro atoms. The van der Waals surface area contributed by atoms with Crippen molar-refractivity contribution in [2.24, 2.45) is 7.05 Å². The first-order valence-electron chi connectivity index (χ1n) is 7.70. The molecular weight excluding hydrogens is 270 g/mol. The van der Waals surface area contributed by atoms with Crippen LogP contribution in [0, 0.1) is 0 Å². The van der Waals surface area contributed by atoms with Crippen LogP contribution in [0.4, 0.5) is 0 Å². The summed E-state index contributed by atoms with van der Waals surface area (Å²) in [4.78, 5) is 14.2. The van der Waals surface area contributed by atoms with Crippen LogP contribution >= 0.6 is 0 Å². The number of likely N-dealkylation sites (tertiary alicyclic amines) is 1. The number of esters is 1. The van der Waals surface area contributed by atoms with Crippen molar-refractivity contribution in [3.63, 3.8) is 0 Å². The Balaban J connectivity index is 1.78. The number of rotatable bonds is 7. The number of carbonyl (C=O) groups is 1. The zero-order chi connectivity index (χ0) is 15.1. The topological polar surface area (TPSA) is 56.6 Å². The molecule has 6 nitrogen and oxygen atoms in total. The molecule has 1 aromatic rings. The van der Waals surface area contributed by atoms with Gasteiger partial charge in [-0.05, 0) is 32.9 Å². The zero-order valence-corrected chi connectivity index (χ0v) is 13.0. The second-order valence-electron chi connectivity index (χ2n) is 5.34. The van der Waals surface area contributed by atoms with Crippen molar-refractivity contribution in [2.45, 2.75) is 32.8 Å². The second-order valence-corrected chi connectivity index (χ2v) is 5.34. The van der Waals surface area contributed by atoms with Gasteiger partial charge in [0, 0.05) is 19.8 Å². The summed E-state index contributed by atoms with van der Waals surface area (Å²) < 4.78 is 12.3. The van der Waals surface area contributed by atoms with Gasteiger partial charge in [0.2, 0.25) is 0 Å². The Morgan fingerprint density at radius 2 is 2.10 bits per heavy atom. The maximum atomic E-state index is 11.8. The third-order valence-electron chi connectivity index (χ3n) is 3.64. The summed E-state index contributed by atoms with van der Waals surface area (Å²) in [5.41, 5.74) is 1.15. The van der Waals surface area contributed by atoms with Crippen LogP contribution in [-0.4, -0.2) is 53.5 Å². The molecule has 1 fully saturated rings. The number of hydrogen-bond donors (Lipinski definition) is 0. The molecule has 118 valence electrons. The summed E-state index contributed by atoms with van der Waals surface area (Å²) in [5.74, 6) is -0.333. The van der Waals surface area contributed by atoms with Crippen molar-refractivity contribution in [1.82, 2.24) is 14.7 Å². The van der Waals surface area contributed by atoms with Gasteiger partial charge in [-0.15, -0.1) is 0 Å². The molecule has 21 heavy (non-hydrogen) atoms. The van der Waals surface area contributed by atoms with Gasteiger partial charge < -0.3 is 14.4 Å². The Morgan fingerprint density at radius 3 is 2.81 bits per heavy atom. The van der Waals surface area contributed by atoms with Gasteiger partial charge in [0.1, 0.15) is 11.3 Å². The average molecular weight is 295 g/mol. The highest BCUT2D eigenvalue weighted by molar-refractivity contribution is 5.90. The Labute approximate surface area is 126 Å². The normalized spacial score (nSPS) is 16.1. The molecule has 1 aromatic heterocycles. The van der Waals surface area contributed by atoms with Crippen LogP contribution < -0.4 is 0 Å². The van der Waals surface area contributed by atoms with E-state index in [1.165, 1.54) is 32.4 Å². The smallest absolute Gasteiger partial charge is 0.341 e. The number of piperidine rings is 1. The van der Waals surface area contributed by atoms with Gasteiger partial charge in [0.15, 0.2) is 0 Å². The maximum absolute atomic E-state index is 11.8. The lowest BCUT2D eigenvalue weighted by Crippen LogP contribution is -2.32. The predicted molar refractivity (Wildman–Crippen MR) is 79.1 cm³/mol. The van der Waals surface area contributed by atoms with Crippen LogP contribution in [0.1, 0.15) is 42.2 Å². The molecule has 1 aliphatic heterocycles. The van der Waals surface area contributed by atoms with E-state index in [-0.39, 0.29) is 5.97 Å². The first-order chi connectivity index (χ1) is 10.2. The fraction of sp³-hybridized carbons (Fsp3) is 0.733. The van der Waals surface area contributed by atoms with E-state index in [0.29, 0.717) is 31.1 Å². The van der Waals surface area contributed by atoms with Gasteiger partial charge in [0.05, 0.1) is 19.8 Å². The van der Waals surface area contributed by atoms with Crippen LogP contribution in [0.5, 0.6) is 0 Å². The molecule has 1 aliphatic rings. The largest absolute Gasteiger partial charge is 0.462 e. The molecule has 0 aliphatic carbocycles. The molecule has 0 unspecified atom stereocenters. The maximum Gasteiger partial charge on any atom is 0.341 e. The van der Waals surface area contributed by atoms with Gasteiger partial charge in [0.25, 0.3) is 0 Å². The molecule has 6 heteroatoms. The summed E-state index contributed by atoms with van der Waals surface area (Å²) in [6.45, 7) is 6.46. The summed E-state index contributed by atoms with van der Waals surface area (Å²) in [7, 11) is 1.79. The van der Waals surface area contributed by atoms with Gasteiger partial charge in [-0.1, -0.05) is 6.42 Å². The Kier molecular flexibility index (Phi) is 6.20. The molecule has 0 N–H and O–H groups in total. The molecule has 1 saturated heterocycles. The molecule has 0 radical (unpaired) electrons. The van der Waals surface area contributed by atoms with Crippen molar-refractivity contribution in [3.8, 4) is 0 Å². The highest BCUT2D eigenvalue weighted by Gasteiger charge is 2.17. The van der Waals surface area contributed by atoms with E-state index < -0.39 is 0 Å². The van der Waals surface area contributed by atoms with E-state index in [1.807, 2.05) is 0 Å². The number of carbonyl (C=O) groups excluding carboxylic acids is 1. The van der Waals surface area contributed by atoms with Crippen molar-refractivity contribution >= 4 is 5.97 Å². The molecule has 0 saturated carbocycles. The lowest BCUT2D eigenvalue weighted by Gasteiger charge is -2.26. The van der Waals surface area contributed by atoms with Crippen molar-refractivity contribution in [3.05, 3.63) is 17.5 Å². The lowest BCUT2D eigenvalue weighted by molar-refractivity contribution is 0.0514. The third-order valence-corrected chi connectivity index (χ3v) is 3.64. The quantitative estimate of drug-likeness (QED) is 0.565. The van der Waals surface area contributed by atoms with E-state index in [2.05, 4.69) is 10.00 Å². The summed E-state index contributed by atoms with van der Waals surface area (Å²) in [6, 6.07) is 0. The fourth-order valence-corrected chi connectivity index (χ4v) is 2.57. The highest BCUT2D eigenvalue weighted by Crippen LogP contribution is 2.11. The molecule has 0 bridgehead atoms. The van der Waals surface area contributed by atoms with E-state index in [0.717, 1.165) is 6.54 Å². The molecule has 2 rings (SSSR count). The standard InChI is InChI=1S/C15H25N3O3/c1-3-21-15(19)13-11-17(2)16-14(13)12-20-10-9-18-7-5-4-6-8-18/h11H,3-10,12H2,1-2H3. The van der Waals surface area contributed by atoms with Crippen LogP contribution in [0.15, 0.2) is 6.20 Å². The molecule has 0 aromatic carbocycles. The van der Waals surface area contributed by atoms with Gasteiger partial charge in [-0.3, -0.25) is 4.68 Å². The number of hydrogen-bond acceptors (Lipinski definition) is 5. The minimum absolute atomic E-state index is 0.333. The molecular formula is C15H25N3O3. The van der Waals surface area contributed by atoms with Crippen LogP contribution in [0.25, 0.3) is 0 Å². The first kappa shape index (κ1) is 16.0. The molecule has 0 amide bonds. The van der Waals surface area contributed by atoms with Gasteiger partial charge in [-0.2, -0.15) is 5.10 Å². The van der Waals surface area contributed by atoms with Crippen molar-refractivity contribution < 1.29 is 14.3 Å². The lowest BCUT2D eigenvalue weighted by atomic mass is 10.1. The SMILES string of the molecule is CCOC(=O)c1cn(C)nc1COCCN1CCCCC1. The summed E-state index contributed by atoms with van der Waals surface area (Å²) >= 11 is 0. The highest BCUT2D eigenvalue weighted by atomic mass is 16.5. The predicted octanol–water partition coefficient (Wildman–Crippen LogP) is 1.60. The summed E-state index contributed by atoms with van der Waals surface area (Å²) in [5, 5.41) is 4.28. The van der Waals surface area contributed by atoms with Crippen molar-refractivity contribution in [1.29, 1.82) is 0 Å². The number of nitrogens with zero attached hydrogens (tertiary/aromatic N) is 3. The molecule has 0 atom stereocenters. The Hall–Kier alpha value is -1.40. The number of aromatic nitrogens is 2. The van der Waals surface area contributed by atoms with Gasteiger partial charge >= 0.3 is 5.97 Å². The minimum atomic E-state index is -0.333.